The molecule has 6 aromatic rings. The summed E-state index contributed by atoms with van der Waals surface area (Å²) < 4.78 is 10.4. The lowest BCUT2D eigenvalue weighted by Crippen LogP contribution is -2.45. The zero-order chi connectivity index (χ0) is 72.1. The fourth-order valence-corrected chi connectivity index (χ4v) is 9.05. The Labute approximate surface area is 580 Å². The first kappa shape index (κ1) is 82.8. The van der Waals surface area contributed by atoms with Gasteiger partial charge in [0.2, 0.25) is 0 Å². The summed E-state index contributed by atoms with van der Waals surface area (Å²) in [5.41, 5.74) is 15.6. The summed E-state index contributed by atoms with van der Waals surface area (Å²) in [6.07, 6.45) is -0.483. The number of amides is 6. The van der Waals surface area contributed by atoms with Crippen LogP contribution in [0, 0.1) is 0 Å². The number of para-hydroxylation sites is 1. The third-order valence-corrected chi connectivity index (χ3v) is 15.2. The summed E-state index contributed by atoms with van der Waals surface area (Å²) in [6, 6.07) is 48.7. The second-order valence-corrected chi connectivity index (χ2v) is 27.6. The van der Waals surface area contributed by atoms with Crippen molar-refractivity contribution in [3.8, 4) is 0 Å². The van der Waals surface area contributed by atoms with Gasteiger partial charge in [-0.2, -0.15) is 0 Å². The topological polar surface area (TPSA) is 238 Å². The van der Waals surface area contributed by atoms with Gasteiger partial charge in [-0.1, -0.05) is 148 Å². The van der Waals surface area contributed by atoms with Crippen molar-refractivity contribution in [3.05, 3.63) is 207 Å². The maximum Gasteiger partial charge on any atom is 0.407 e. The number of hydrogen-bond acceptors (Lipinski definition) is 12. The van der Waals surface area contributed by atoms with Crippen molar-refractivity contribution in [1.29, 1.82) is 0 Å². The fraction of sp³-hybridized carbons (Fsp3) is 0.468. The molecule has 1 heterocycles. The van der Waals surface area contributed by atoms with E-state index in [1.54, 1.807) is 20.8 Å². The van der Waals surface area contributed by atoms with E-state index in [1.807, 2.05) is 185 Å². The van der Waals surface area contributed by atoms with Crippen molar-refractivity contribution in [2.45, 2.75) is 145 Å². The van der Waals surface area contributed by atoms with Crippen LogP contribution in [0.4, 0.5) is 10.5 Å². The van der Waals surface area contributed by atoms with Gasteiger partial charge in [0, 0.05) is 111 Å². The number of alkyl carbamates (subject to hydrolysis) is 1. The number of rotatable bonds is 25. The van der Waals surface area contributed by atoms with Gasteiger partial charge in [-0.3, -0.25) is 28.9 Å². The molecule has 0 unspecified atom stereocenters. The molecule has 1 aliphatic rings. The molecule has 7 rings (SSSR count). The Hall–Kier alpha value is -8.42. The van der Waals surface area contributed by atoms with Gasteiger partial charge in [-0.15, -0.1) is 0 Å². The number of carbonyl (C=O) groups is 6. The third-order valence-electron chi connectivity index (χ3n) is 15.2. The number of nitrogens with two attached hydrogens (primary N) is 1. The summed E-state index contributed by atoms with van der Waals surface area (Å²) in [4.78, 5) is 75.3. The largest absolute Gasteiger partial charge is 0.444 e. The van der Waals surface area contributed by atoms with Crippen molar-refractivity contribution < 1.29 is 38.2 Å². The first-order valence-corrected chi connectivity index (χ1v) is 34.2. The Morgan fingerprint density at radius 2 is 0.742 bits per heavy atom. The molecular formula is C79H116N10O8. The molecule has 6 aromatic carbocycles. The Bertz CT molecular complexity index is 3220. The van der Waals surface area contributed by atoms with E-state index in [2.05, 4.69) is 111 Å². The molecule has 530 valence electrons. The van der Waals surface area contributed by atoms with Crippen LogP contribution in [0.25, 0.3) is 0 Å². The molecule has 0 aromatic heterocycles. The second kappa shape index (κ2) is 43.7. The Balaban J connectivity index is 0.000000317. The van der Waals surface area contributed by atoms with E-state index in [1.165, 1.54) is 27.8 Å². The molecule has 0 spiro atoms. The maximum atomic E-state index is 12.0. The number of nitrogens with one attached hydrogen (secondary N) is 7. The van der Waals surface area contributed by atoms with E-state index in [4.69, 9.17) is 15.2 Å². The highest BCUT2D eigenvalue weighted by Crippen LogP contribution is 2.19. The van der Waals surface area contributed by atoms with Gasteiger partial charge in [0.1, 0.15) is 5.60 Å². The van der Waals surface area contributed by atoms with Gasteiger partial charge in [0.05, 0.1) is 13.2 Å². The molecule has 1 saturated heterocycles. The SMILES string of the molecule is CC(C)c1ccc(C(=O)NCC(C)(C)N)cc1.CC(C)c1ccc(C(=O)NCCN(C)C)cc1.CC(C)c1ccc(C(=O)NCCN2CCOCC2)cc1.CC(C)c1ccc(C(=O)NCCNC(=O)OC(C)(C)C)cc1.CC(C)c1ccc(C(=O)NCCNc2ccccc2)cc1. The number of nitrogens with zero attached hydrogens (tertiary/aromatic N) is 2. The van der Waals surface area contributed by atoms with Crippen LogP contribution in [0.1, 0.15) is 213 Å². The monoisotopic (exact) mass is 1330 g/mol. The normalized spacial score (nSPS) is 12.1. The van der Waals surface area contributed by atoms with E-state index >= 15 is 0 Å². The van der Waals surface area contributed by atoms with Crippen LogP contribution in [0.2, 0.25) is 0 Å². The van der Waals surface area contributed by atoms with Gasteiger partial charge in [-0.25, -0.2) is 4.79 Å². The fourth-order valence-electron chi connectivity index (χ4n) is 9.05. The minimum Gasteiger partial charge on any atom is -0.444 e. The average molecular weight is 1330 g/mol. The second-order valence-electron chi connectivity index (χ2n) is 27.6. The maximum absolute atomic E-state index is 12.0. The minimum absolute atomic E-state index is 0.00200. The predicted molar refractivity (Wildman–Crippen MR) is 398 cm³/mol. The molecular weight excluding hydrogens is 1220 g/mol. The molecule has 1 fully saturated rings. The molecule has 0 radical (unpaired) electrons. The van der Waals surface area contributed by atoms with E-state index in [0.717, 1.165) is 56.2 Å². The standard InChI is InChI=1S/C18H22N2O.C17H26N2O3.C16H24N2O2.2C14H22N2O/c1-14(2)15-8-10-16(11-9-15)18(21)20-13-12-19-17-6-4-3-5-7-17;1-12(2)13-6-8-14(9-7-13)15(20)18-10-11-19-16(21)22-17(3,4)5;1-13(2)14-3-5-15(6-4-14)16(19)17-7-8-18-9-11-20-12-10-18;1-11(2)12-5-7-13(8-6-12)14(17)15-9-10-16(3)4;1-10(2)11-5-7-12(8-6-11)13(17)16-9-14(3,4)15/h3-11,14,19H,12-13H2,1-2H3,(H,20,21);6-9,12H,10-11H2,1-5H3,(H,18,20)(H,19,21);3-6,13H,7-12H2,1-2H3,(H,17,19);5-8,11H,9-10H2,1-4H3,(H,15,17);5-8,10H,9,15H2,1-4H3,(H,16,17). The van der Waals surface area contributed by atoms with Crippen LogP contribution in [-0.4, -0.2) is 156 Å². The molecule has 0 atom stereocenters. The number of likely N-dealkylation sites (N-methyl/N-ethyl adjacent to an activating group) is 1. The number of ether oxygens (including phenoxy) is 2. The lowest BCUT2D eigenvalue weighted by Gasteiger charge is -2.26. The van der Waals surface area contributed by atoms with Crippen LogP contribution >= 0.6 is 0 Å². The smallest absolute Gasteiger partial charge is 0.407 e. The summed E-state index contributed by atoms with van der Waals surface area (Å²) in [6.45, 7) is 39.6. The average Bonchev–Trinajstić information content (AvgIpc) is 1.64. The Kier molecular flexibility index (Phi) is 37.3. The van der Waals surface area contributed by atoms with Gasteiger partial charge in [0.25, 0.3) is 29.5 Å². The van der Waals surface area contributed by atoms with E-state index in [-0.39, 0.29) is 35.1 Å². The van der Waals surface area contributed by atoms with E-state index < -0.39 is 11.7 Å². The quantitative estimate of drug-likeness (QED) is 0.0250. The molecule has 0 bridgehead atoms. The molecule has 9 N–H and O–H groups in total. The summed E-state index contributed by atoms with van der Waals surface area (Å²) in [5, 5.41) is 20.2. The van der Waals surface area contributed by atoms with Crippen molar-refractivity contribution in [2.75, 3.05) is 105 Å². The first-order chi connectivity index (χ1) is 45.8. The molecule has 6 amide bonds. The summed E-state index contributed by atoms with van der Waals surface area (Å²) >= 11 is 0. The van der Waals surface area contributed by atoms with Crippen molar-refractivity contribution in [1.82, 2.24) is 41.7 Å². The van der Waals surface area contributed by atoms with Crippen molar-refractivity contribution in [3.63, 3.8) is 0 Å². The van der Waals surface area contributed by atoms with Crippen molar-refractivity contribution in [2.24, 2.45) is 5.73 Å². The Morgan fingerprint density at radius 3 is 1.06 bits per heavy atom. The molecule has 0 aliphatic carbocycles. The van der Waals surface area contributed by atoms with Crippen molar-refractivity contribution >= 4 is 41.3 Å². The lowest BCUT2D eigenvalue weighted by atomic mass is 10.0. The van der Waals surface area contributed by atoms with Gasteiger partial charge in [-0.05, 0) is 179 Å². The van der Waals surface area contributed by atoms with E-state index in [0.29, 0.717) is 92.1 Å². The molecule has 1 aliphatic heterocycles. The first-order valence-electron chi connectivity index (χ1n) is 34.2. The van der Waals surface area contributed by atoms with Gasteiger partial charge >= 0.3 is 6.09 Å². The molecule has 0 saturated carbocycles. The predicted octanol–water partition coefficient (Wildman–Crippen LogP) is 13.0. The highest BCUT2D eigenvalue weighted by atomic mass is 16.6. The van der Waals surface area contributed by atoms with Crippen LogP contribution in [0.5, 0.6) is 0 Å². The van der Waals surface area contributed by atoms with Gasteiger partial charge < -0.3 is 57.3 Å². The molecule has 18 nitrogen and oxygen atoms in total. The highest BCUT2D eigenvalue weighted by Gasteiger charge is 2.17. The highest BCUT2D eigenvalue weighted by molar-refractivity contribution is 5.96. The molecule has 18 heteroatoms. The summed E-state index contributed by atoms with van der Waals surface area (Å²) in [5.74, 6) is 2.16. The van der Waals surface area contributed by atoms with Crippen LogP contribution in [-0.2, 0) is 9.47 Å². The van der Waals surface area contributed by atoms with Crippen LogP contribution in [0.15, 0.2) is 152 Å². The number of hydrogen-bond donors (Lipinski definition) is 8. The zero-order valence-electron chi connectivity index (χ0n) is 61.3. The molecule has 97 heavy (non-hydrogen) atoms. The lowest BCUT2D eigenvalue weighted by molar-refractivity contribution is 0.0383. The number of anilines is 1. The number of carbonyl (C=O) groups excluding carboxylic acids is 6. The number of benzene rings is 6. The van der Waals surface area contributed by atoms with Crippen LogP contribution in [0.3, 0.4) is 0 Å². The Morgan fingerprint density at radius 1 is 0.433 bits per heavy atom. The number of morpholine rings is 1. The summed E-state index contributed by atoms with van der Waals surface area (Å²) in [7, 11) is 3.98. The van der Waals surface area contributed by atoms with Crippen LogP contribution < -0.4 is 43.0 Å². The minimum atomic E-state index is -0.522. The third kappa shape index (κ3) is 35.4. The van der Waals surface area contributed by atoms with Gasteiger partial charge in [0.15, 0.2) is 0 Å². The van der Waals surface area contributed by atoms with E-state index in [9.17, 15) is 28.8 Å². The zero-order valence-corrected chi connectivity index (χ0v) is 61.3.